The number of ether oxygens (including phenoxy) is 2. The second-order valence-electron chi connectivity index (χ2n) is 4.44. The molecule has 0 saturated heterocycles. The van der Waals surface area contributed by atoms with E-state index in [1.54, 1.807) is 0 Å². The first-order valence-corrected chi connectivity index (χ1v) is 7.87. The Bertz CT molecular complexity index is 629. The highest BCUT2D eigenvalue weighted by Crippen LogP contribution is 2.24. The summed E-state index contributed by atoms with van der Waals surface area (Å²) in [4.78, 5) is -0.472. The van der Waals surface area contributed by atoms with Crippen LogP contribution in [0.2, 0.25) is 0 Å². The van der Waals surface area contributed by atoms with Crippen molar-refractivity contribution in [3.8, 4) is 5.75 Å². The van der Waals surface area contributed by atoms with E-state index >= 15 is 0 Å². The molecule has 12 heteroatoms. The predicted molar refractivity (Wildman–Crippen MR) is 69.8 cm³/mol. The molecule has 0 amide bonds. The van der Waals surface area contributed by atoms with E-state index in [0.717, 1.165) is 18.2 Å². The highest BCUT2D eigenvalue weighted by molar-refractivity contribution is 7.89. The molecule has 1 aromatic rings. The van der Waals surface area contributed by atoms with Crippen LogP contribution in [0.4, 0.5) is 26.3 Å². The van der Waals surface area contributed by atoms with Gasteiger partial charge in [0, 0.05) is 19.2 Å². The van der Waals surface area contributed by atoms with Crippen LogP contribution < -0.4 is 9.46 Å². The van der Waals surface area contributed by atoms with Gasteiger partial charge in [0.05, 0.1) is 4.90 Å². The van der Waals surface area contributed by atoms with Gasteiger partial charge in [0.15, 0.2) is 0 Å². The Balaban J connectivity index is 2.52. The van der Waals surface area contributed by atoms with Crippen molar-refractivity contribution < 1.29 is 44.2 Å². The van der Waals surface area contributed by atoms with E-state index in [2.05, 4.69) is 9.47 Å². The predicted octanol–water partition coefficient (Wildman–Crippen LogP) is 2.83. The molecule has 0 radical (unpaired) electrons. The molecule has 24 heavy (non-hydrogen) atoms. The summed E-state index contributed by atoms with van der Waals surface area (Å²) < 4.78 is 105. The van der Waals surface area contributed by atoms with Crippen LogP contribution in [0.3, 0.4) is 0 Å². The molecule has 0 aliphatic carbocycles. The van der Waals surface area contributed by atoms with Crippen LogP contribution in [0.1, 0.15) is 6.42 Å². The van der Waals surface area contributed by atoms with Crippen molar-refractivity contribution >= 4 is 10.0 Å². The van der Waals surface area contributed by atoms with Crippen LogP contribution in [-0.4, -0.2) is 40.7 Å². The smallest absolute Gasteiger partial charge is 0.406 e. The molecule has 0 bridgehead atoms. The maximum Gasteiger partial charge on any atom is 0.573 e. The number of hydrogen-bond donors (Lipinski definition) is 1. The molecule has 0 heterocycles. The van der Waals surface area contributed by atoms with Crippen molar-refractivity contribution in [3.63, 3.8) is 0 Å². The van der Waals surface area contributed by atoms with E-state index in [1.807, 2.05) is 4.72 Å². The zero-order valence-corrected chi connectivity index (χ0v) is 12.8. The number of halogens is 6. The molecule has 5 nitrogen and oxygen atoms in total. The molecule has 1 N–H and O–H groups in total. The van der Waals surface area contributed by atoms with Crippen molar-refractivity contribution in [3.05, 3.63) is 24.3 Å². The van der Waals surface area contributed by atoms with Crippen molar-refractivity contribution in [1.82, 2.24) is 4.72 Å². The average molecular weight is 381 g/mol. The summed E-state index contributed by atoms with van der Waals surface area (Å²) in [6.45, 7) is -2.03. The summed E-state index contributed by atoms with van der Waals surface area (Å²) in [7, 11) is -4.13. The number of sulfonamides is 1. The maximum atomic E-state index is 12.1. The van der Waals surface area contributed by atoms with Crippen molar-refractivity contribution in [2.75, 3.05) is 19.8 Å². The third kappa shape index (κ3) is 8.36. The fourth-order valence-corrected chi connectivity index (χ4v) is 2.60. The second-order valence-corrected chi connectivity index (χ2v) is 6.21. The topological polar surface area (TPSA) is 64.6 Å². The van der Waals surface area contributed by atoms with Crippen LogP contribution in [-0.2, 0) is 14.8 Å². The van der Waals surface area contributed by atoms with Crippen LogP contribution in [0.25, 0.3) is 0 Å². The Kier molecular flexibility index (Phi) is 6.86. The van der Waals surface area contributed by atoms with Gasteiger partial charge in [0.1, 0.15) is 12.4 Å². The van der Waals surface area contributed by atoms with Crippen LogP contribution in [0, 0.1) is 0 Å². The van der Waals surface area contributed by atoms with Crippen molar-refractivity contribution in [2.24, 2.45) is 0 Å². The highest BCUT2D eigenvalue weighted by Gasteiger charge is 2.31. The second kappa shape index (κ2) is 8.03. The van der Waals surface area contributed by atoms with Gasteiger partial charge in [-0.05, 0) is 18.6 Å². The average Bonchev–Trinajstić information content (AvgIpc) is 2.40. The first-order chi connectivity index (χ1) is 10.9. The number of hydrogen-bond acceptors (Lipinski definition) is 4. The quantitative estimate of drug-likeness (QED) is 0.556. The first-order valence-electron chi connectivity index (χ1n) is 6.39. The van der Waals surface area contributed by atoms with E-state index in [-0.39, 0.29) is 19.6 Å². The Morgan fingerprint density at radius 2 is 1.75 bits per heavy atom. The van der Waals surface area contributed by atoms with E-state index in [9.17, 15) is 34.8 Å². The zero-order valence-electron chi connectivity index (χ0n) is 11.9. The van der Waals surface area contributed by atoms with Gasteiger partial charge in [-0.1, -0.05) is 6.07 Å². The lowest BCUT2D eigenvalue weighted by Gasteiger charge is -2.11. The van der Waals surface area contributed by atoms with E-state index < -0.39 is 39.8 Å². The molecule has 0 saturated carbocycles. The Morgan fingerprint density at radius 1 is 1.08 bits per heavy atom. The summed E-state index contributed by atoms with van der Waals surface area (Å²) >= 11 is 0. The van der Waals surface area contributed by atoms with Crippen LogP contribution >= 0.6 is 0 Å². The minimum Gasteiger partial charge on any atom is -0.406 e. The lowest BCUT2D eigenvalue weighted by molar-refractivity contribution is -0.274. The zero-order chi connectivity index (χ0) is 18.4. The highest BCUT2D eigenvalue weighted by atomic mass is 32.2. The number of benzene rings is 1. The Hall–Kier alpha value is -1.53. The standard InChI is InChI=1S/C12H13F6NO4S/c13-11(14,15)8-22-6-2-5-19-24(20,21)10-4-1-3-9(7-10)23-12(16,17)18/h1,3-4,7,19H,2,5-6,8H2. The van der Waals surface area contributed by atoms with Crippen molar-refractivity contribution in [1.29, 1.82) is 0 Å². The van der Waals surface area contributed by atoms with E-state index in [4.69, 9.17) is 0 Å². The molecule has 138 valence electrons. The maximum absolute atomic E-state index is 12.1. The Labute approximate surface area is 133 Å². The molecule has 0 aromatic heterocycles. The lowest BCUT2D eigenvalue weighted by Crippen LogP contribution is -2.26. The molecule has 0 unspecified atom stereocenters. The normalized spacial score (nSPS) is 13.1. The Morgan fingerprint density at radius 3 is 2.33 bits per heavy atom. The lowest BCUT2D eigenvalue weighted by atomic mass is 10.3. The minimum atomic E-state index is -4.97. The van der Waals surface area contributed by atoms with Gasteiger partial charge in [0.2, 0.25) is 10.0 Å². The van der Waals surface area contributed by atoms with Crippen molar-refractivity contribution in [2.45, 2.75) is 23.9 Å². The molecule has 0 fully saturated rings. The van der Waals surface area contributed by atoms with Gasteiger partial charge in [0.25, 0.3) is 0 Å². The van der Waals surface area contributed by atoms with Gasteiger partial charge in [-0.3, -0.25) is 0 Å². The third-order valence-electron chi connectivity index (χ3n) is 2.37. The molecule has 1 rings (SSSR count). The molecule has 0 atom stereocenters. The first kappa shape index (κ1) is 20.5. The molecule has 0 aliphatic rings. The molecular formula is C12H13F6NO4S. The van der Waals surface area contributed by atoms with Gasteiger partial charge in [-0.25, -0.2) is 13.1 Å². The monoisotopic (exact) mass is 381 g/mol. The van der Waals surface area contributed by atoms with Gasteiger partial charge >= 0.3 is 12.5 Å². The molecule has 0 spiro atoms. The summed E-state index contributed by atoms with van der Waals surface area (Å²) in [6, 6.07) is 3.71. The fourth-order valence-electron chi connectivity index (χ4n) is 1.49. The summed E-state index contributed by atoms with van der Waals surface area (Å²) in [5.41, 5.74) is 0. The van der Waals surface area contributed by atoms with Gasteiger partial charge in [-0.2, -0.15) is 13.2 Å². The number of nitrogens with one attached hydrogen (secondary N) is 1. The third-order valence-corrected chi connectivity index (χ3v) is 3.83. The van der Waals surface area contributed by atoms with E-state index in [0.29, 0.717) is 6.07 Å². The number of alkyl halides is 6. The minimum absolute atomic E-state index is 0.0476. The van der Waals surface area contributed by atoms with E-state index in [1.165, 1.54) is 0 Å². The molecule has 0 aliphatic heterocycles. The van der Waals surface area contributed by atoms with Gasteiger partial charge < -0.3 is 9.47 Å². The summed E-state index contributed by atoms with van der Waals surface area (Å²) in [5.74, 6) is -0.709. The molecular weight excluding hydrogens is 368 g/mol. The molecule has 1 aromatic carbocycles. The summed E-state index contributed by atoms with van der Waals surface area (Å²) in [6.07, 6.45) is -9.49. The van der Waals surface area contributed by atoms with Gasteiger partial charge in [-0.15, -0.1) is 13.2 Å². The fraction of sp³-hybridized carbons (Fsp3) is 0.500. The number of rotatable bonds is 8. The SMILES string of the molecule is O=S(=O)(NCCCOCC(F)(F)F)c1cccc(OC(F)(F)F)c1. The largest absolute Gasteiger partial charge is 0.573 e. The van der Waals surface area contributed by atoms with Crippen LogP contribution in [0.5, 0.6) is 5.75 Å². The van der Waals surface area contributed by atoms with Crippen LogP contribution in [0.15, 0.2) is 29.2 Å². The summed E-state index contributed by atoms with van der Waals surface area (Å²) in [5, 5.41) is 0.